The van der Waals surface area contributed by atoms with E-state index in [1.54, 1.807) is 11.1 Å². The van der Waals surface area contributed by atoms with Gasteiger partial charge in [-0.05, 0) is 34.7 Å². The maximum Gasteiger partial charge on any atom is -0.00584 e. The Hall–Kier alpha value is -0.300. The first-order valence-corrected chi connectivity index (χ1v) is 4.86. The molecule has 0 aromatic carbocycles. The van der Waals surface area contributed by atoms with Gasteiger partial charge in [-0.15, -0.1) is 0 Å². The topological polar surface area (TPSA) is 0 Å². The van der Waals surface area contributed by atoms with Crippen molar-refractivity contribution in [1.29, 1.82) is 0 Å². The Morgan fingerprint density at radius 3 is 2.50 bits per heavy atom. The standard InChI is InChI=1S/C9H14S/c1-3-5-9-7-10-6-8(9)4-2/h6-7H,3-5H2,1-2H3. The van der Waals surface area contributed by atoms with E-state index >= 15 is 0 Å². The van der Waals surface area contributed by atoms with Crippen molar-refractivity contribution in [1.82, 2.24) is 0 Å². The molecule has 0 spiro atoms. The molecule has 0 amide bonds. The van der Waals surface area contributed by atoms with E-state index in [0.29, 0.717) is 0 Å². The number of hydrogen-bond donors (Lipinski definition) is 0. The first kappa shape index (κ1) is 7.80. The van der Waals surface area contributed by atoms with Crippen LogP contribution in [0.15, 0.2) is 10.8 Å². The third-order valence-electron chi connectivity index (χ3n) is 1.73. The smallest absolute Gasteiger partial charge is 0.00584 e. The molecule has 1 aromatic heterocycles. The monoisotopic (exact) mass is 154 g/mol. The van der Waals surface area contributed by atoms with E-state index in [9.17, 15) is 0 Å². The summed E-state index contributed by atoms with van der Waals surface area (Å²) >= 11 is 1.83. The molecule has 10 heavy (non-hydrogen) atoms. The summed E-state index contributed by atoms with van der Waals surface area (Å²) in [5.74, 6) is 0. The van der Waals surface area contributed by atoms with Crippen molar-refractivity contribution in [3.05, 3.63) is 21.9 Å². The van der Waals surface area contributed by atoms with Crippen molar-refractivity contribution in [2.45, 2.75) is 33.1 Å². The molecule has 0 radical (unpaired) electrons. The Kier molecular flexibility index (Phi) is 2.94. The molecule has 0 bridgehead atoms. The van der Waals surface area contributed by atoms with Crippen molar-refractivity contribution in [2.24, 2.45) is 0 Å². The van der Waals surface area contributed by atoms with Crippen molar-refractivity contribution in [3.8, 4) is 0 Å². The van der Waals surface area contributed by atoms with Crippen LogP contribution in [0.5, 0.6) is 0 Å². The highest BCUT2D eigenvalue weighted by atomic mass is 32.1. The predicted octanol–water partition coefficient (Wildman–Crippen LogP) is 3.26. The molecule has 0 aliphatic carbocycles. The predicted molar refractivity (Wildman–Crippen MR) is 47.7 cm³/mol. The van der Waals surface area contributed by atoms with Crippen LogP contribution in [-0.2, 0) is 12.8 Å². The van der Waals surface area contributed by atoms with Gasteiger partial charge in [0.25, 0.3) is 0 Å². The van der Waals surface area contributed by atoms with Gasteiger partial charge >= 0.3 is 0 Å². The molecule has 0 nitrogen and oxygen atoms in total. The second-order valence-corrected chi connectivity index (χ2v) is 3.27. The minimum Gasteiger partial charge on any atom is -0.152 e. The Morgan fingerprint density at radius 2 is 1.90 bits per heavy atom. The quantitative estimate of drug-likeness (QED) is 0.627. The third kappa shape index (κ3) is 1.60. The van der Waals surface area contributed by atoms with Crippen LogP contribution in [0.4, 0.5) is 0 Å². The zero-order valence-electron chi connectivity index (χ0n) is 6.68. The van der Waals surface area contributed by atoms with Crippen LogP contribution in [0.3, 0.4) is 0 Å². The molecule has 0 aliphatic heterocycles. The molecule has 0 saturated heterocycles. The SMILES string of the molecule is CCCc1cscc1CC. The van der Waals surface area contributed by atoms with Gasteiger partial charge in [-0.1, -0.05) is 20.3 Å². The lowest BCUT2D eigenvalue weighted by atomic mass is 10.1. The fourth-order valence-electron chi connectivity index (χ4n) is 1.15. The van der Waals surface area contributed by atoms with Crippen LogP contribution in [0.2, 0.25) is 0 Å². The second-order valence-electron chi connectivity index (χ2n) is 2.53. The van der Waals surface area contributed by atoms with E-state index in [1.807, 2.05) is 11.3 Å². The van der Waals surface area contributed by atoms with Crippen LogP contribution in [0.1, 0.15) is 31.4 Å². The number of hydrogen-bond acceptors (Lipinski definition) is 1. The van der Waals surface area contributed by atoms with Gasteiger partial charge < -0.3 is 0 Å². The molecule has 0 fully saturated rings. The van der Waals surface area contributed by atoms with Crippen molar-refractivity contribution < 1.29 is 0 Å². The highest BCUT2D eigenvalue weighted by Gasteiger charge is 1.98. The minimum absolute atomic E-state index is 1.19. The molecule has 0 N–H and O–H groups in total. The van der Waals surface area contributed by atoms with Crippen LogP contribution < -0.4 is 0 Å². The Balaban J connectivity index is 2.70. The summed E-state index contributed by atoms with van der Waals surface area (Å²) in [6.45, 7) is 4.46. The lowest BCUT2D eigenvalue weighted by molar-refractivity contribution is 0.907. The molecule has 0 unspecified atom stereocenters. The van der Waals surface area contributed by atoms with E-state index in [2.05, 4.69) is 24.6 Å². The average Bonchev–Trinajstić information content (AvgIpc) is 2.36. The molecule has 1 heteroatoms. The van der Waals surface area contributed by atoms with Gasteiger partial charge in [-0.2, -0.15) is 11.3 Å². The first-order valence-electron chi connectivity index (χ1n) is 3.92. The second kappa shape index (κ2) is 3.77. The van der Waals surface area contributed by atoms with E-state index in [4.69, 9.17) is 0 Å². The first-order chi connectivity index (χ1) is 4.88. The van der Waals surface area contributed by atoms with E-state index in [-0.39, 0.29) is 0 Å². The highest BCUT2D eigenvalue weighted by molar-refractivity contribution is 7.08. The zero-order valence-corrected chi connectivity index (χ0v) is 7.50. The fourth-order valence-corrected chi connectivity index (χ4v) is 2.13. The minimum atomic E-state index is 1.19. The molecule has 56 valence electrons. The van der Waals surface area contributed by atoms with Gasteiger partial charge in [0.15, 0.2) is 0 Å². The molecular weight excluding hydrogens is 140 g/mol. The van der Waals surface area contributed by atoms with Gasteiger partial charge in [0.1, 0.15) is 0 Å². The molecule has 0 atom stereocenters. The Bertz CT molecular complexity index is 188. The van der Waals surface area contributed by atoms with Crippen molar-refractivity contribution >= 4 is 11.3 Å². The zero-order chi connectivity index (χ0) is 7.40. The van der Waals surface area contributed by atoms with Gasteiger partial charge in [-0.25, -0.2) is 0 Å². The van der Waals surface area contributed by atoms with Gasteiger partial charge in [0, 0.05) is 0 Å². The summed E-state index contributed by atoms with van der Waals surface area (Å²) in [5.41, 5.74) is 3.11. The van der Waals surface area contributed by atoms with Crippen LogP contribution >= 0.6 is 11.3 Å². The summed E-state index contributed by atoms with van der Waals surface area (Å²) in [6.07, 6.45) is 3.72. The maximum atomic E-state index is 2.28. The average molecular weight is 154 g/mol. The molecule has 0 aliphatic rings. The molecule has 0 saturated carbocycles. The largest absolute Gasteiger partial charge is 0.152 e. The molecule has 1 heterocycles. The Labute approximate surface area is 66.9 Å². The van der Waals surface area contributed by atoms with Gasteiger partial charge in [-0.3, -0.25) is 0 Å². The van der Waals surface area contributed by atoms with Crippen molar-refractivity contribution in [3.63, 3.8) is 0 Å². The van der Waals surface area contributed by atoms with E-state index < -0.39 is 0 Å². The normalized spacial score (nSPS) is 10.2. The van der Waals surface area contributed by atoms with Gasteiger partial charge in [0.2, 0.25) is 0 Å². The summed E-state index contributed by atoms with van der Waals surface area (Å²) in [6, 6.07) is 0. The van der Waals surface area contributed by atoms with Gasteiger partial charge in [0.05, 0.1) is 0 Å². The lowest BCUT2D eigenvalue weighted by Crippen LogP contribution is -1.85. The van der Waals surface area contributed by atoms with Crippen LogP contribution in [0.25, 0.3) is 0 Å². The van der Waals surface area contributed by atoms with Crippen LogP contribution in [0, 0.1) is 0 Å². The van der Waals surface area contributed by atoms with E-state index in [1.165, 1.54) is 19.3 Å². The molecule has 1 aromatic rings. The third-order valence-corrected chi connectivity index (χ3v) is 2.57. The van der Waals surface area contributed by atoms with Crippen molar-refractivity contribution in [2.75, 3.05) is 0 Å². The summed E-state index contributed by atoms with van der Waals surface area (Å²) in [5, 5.41) is 4.55. The van der Waals surface area contributed by atoms with Crippen LogP contribution in [-0.4, -0.2) is 0 Å². The molecule has 1 rings (SSSR count). The summed E-state index contributed by atoms with van der Waals surface area (Å²) in [4.78, 5) is 0. The summed E-state index contributed by atoms with van der Waals surface area (Å²) < 4.78 is 0. The maximum absolute atomic E-state index is 2.28. The highest BCUT2D eigenvalue weighted by Crippen LogP contribution is 2.16. The number of rotatable bonds is 3. The number of aryl methyl sites for hydroxylation is 2. The lowest BCUT2D eigenvalue weighted by Gasteiger charge is -1.96. The van der Waals surface area contributed by atoms with E-state index in [0.717, 1.165) is 0 Å². The number of thiophene rings is 1. The Morgan fingerprint density at radius 1 is 1.20 bits per heavy atom. The fraction of sp³-hybridized carbons (Fsp3) is 0.556. The summed E-state index contributed by atoms with van der Waals surface area (Å²) in [7, 11) is 0. The molecular formula is C9H14S.